The van der Waals surface area contributed by atoms with E-state index in [1.807, 2.05) is 0 Å². The molecule has 0 saturated carbocycles. The number of aliphatic carboxylic acids is 1. The molecule has 0 aliphatic heterocycles. The number of carbonyl (C=O) groups is 3. The molecule has 0 fully saturated rings. The number of aromatic amines is 1. The van der Waals surface area contributed by atoms with Crippen LogP contribution >= 0.6 is 39.1 Å². The van der Waals surface area contributed by atoms with Crippen molar-refractivity contribution in [3.8, 4) is 0 Å². The van der Waals surface area contributed by atoms with Gasteiger partial charge in [-0.2, -0.15) is 0 Å². The molecule has 4 N–H and O–H groups in total. The second-order valence-electron chi connectivity index (χ2n) is 6.72. The molecule has 170 valence electrons. The van der Waals surface area contributed by atoms with Gasteiger partial charge >= 0.3 is 11.7 Å². The van der Waals surface area contributed by atoms with Crippen molar-refractivity contribution in [1.29, 1.82) is 0 Å². The van der Waals surface area contributed by atoms with Crippen molar-refractivity contribution in [2.75, 3.05) is 5.32 Å². The van der Waals surface area contributed by atoms with Gasteiger partial charge in [0.2, 0.25) is 0 Å². The number of nitrogens with one attached hydrogen (secondary N) is 3. The Kier molecular flexibility index (Phi) is 7.85. The summed E-state index contributed by atoms with van der Waals surface area (Å²) < 4.78 is 0.648. The molecular formula is C21H15BrCl2N4O5. The minimum absolute atomic E-state index is 0.0258. The Balaban J connectivity index is 1.86. The molecule has 33 heavy (non-hydrogen) atoms. The molecule has 2 aromatic carbocycles. The van der Waals surface area contributed by atoms with Crippen LogP contribution in [0.25, 0.3) is 0 Å². The Morgan fingerprint density at radius 1 is 1.09 bits per heavy atom. The van der Waals surface area contributed by atoms with Gasteiger partial charge in [-0.05, 0) is 30.3 Å². The van der Waals surface area contributed by atoms with Crippen LogP contribution in [0.15, 0.2) is 57.9 Å². The normalized spacial score (nSPS) is 11.5. The van der Waals surface area contributed by atoms with Crippen LogP contribution in [0.1, 0.15) is 26.3 Å². The lowest BCUT2D eigenvalue weighted by Gasteiger charge is -2.17. The molecule has 1 heterocycles. The van der Waals surface area contributed by atoms with Crippen molar-refractivity contribution in [2.24, 2.45) is 0 Å². The van der Waals surface area contributed by atoms with Gasteiger partial charge in [0.25, 0.3) is 11.8 Å². The second kappa shape index (κ2) is 10.6. The first-order valence-corrected chi connectivity index (χ1v) is 10.8. The Bertz CT molecular complexity index is 1280. The zero-order valence-corrected chi connectivity index (χ0v) is 19.7. The van der Waals surface area contributed by atoms with Crippen LogP contribution < -0.4 is 16.3 Å². The maximum absolute atomic E-state index is 12.7. The van der Waals surface area contributed by atoms with E-state index in [9.17, 15) is 24.3 Å². The number of H-pyrrole nitrogens is 1. The largest absolute Gasteiger partial charge is 0.480 e. The summed E-state index contributed by atoms with van der Waals surface area (Å²) in [5.41, 5.74) is -0.392. The van der Waals surface area contributed by atoms with Crippen LogP contribution in [-0.4, -0.2) is 38.9 Å². The van der Waals surface area contributed by atoms with E-state index >= 15 is 0 Å². The summed E-state index contributed by atoms with van der Waals surface area (Å²) in [4.78, 5) is 54.7. The molecule has 0 spiro atoms. The summed E-state index contributed by atoms with van der Waals surface area (Å²) in [5.74, 6) is -2.76. The van der Waals surface area contributed by atoms with Crippen LogP contribution in [-0.2, 0) is 11.2 Å². The number of amides is 2. The maximum Gasteiger partial charge on any atom is 0.346 e. The van der Waals surface area contributed by atoms with Crippen molar-refractivity contribution in [1.82, 2.24) is 15.3 Å². The van der Waals surface area contributed by atoms with Crippen molar-refractivity contribution in [3.05, 3.63) is 90.4 Å². The number of nitrogens with zero attached hydrogens (tertiary/aromatic N) is 1. The van der Waals surface area contributed by atoms with Crippen molar-refractivity contribution < 1.29 is 19.5 Å². The van der Waals surface area contributed by atoms with Gasteiger partial charge in [-0.1, -0.05) is 51.3 Å². The molecule has 0 radical (unpaired) electrons. The first kappa shape index (κ1) is 24.4. The predicted molar refractivity (Wildman–Crippen MR) is 126 cm³/mol. The number of carboxylic acids is 1. The Labute approximate surface area is 205 Å². The summed E-state index contributed by atoms with van der Waals surface area (Å²) in [6, 6.07) is 9.53. The van der Waals surface area contributed by atoms with E-state index in [1.54, 1.807) is 18.2 Å². The Hall–Kier alpha value is -3.21. The summed E-state index contributed by atoms with van der Waals surface area (Å²) >= 11 is 15.4. The molecular weight excluding hydrogens is 539 g/mol. The minimum atomic E-state index is -1.39. The maximum atomic E-state index is 12.7. The molecule has 0 bridgehead atoms. The molecule has 2 amide bonds. The van der Waals surface area contributed by atoms with E-state index in [-0.39, 0.29) is 39.0 Å². The van der Waals surface area contributed by atoms with Gasteiger partial charge in [0.1, 0.15) is 11.9 Å². The fourth-order valence-electron chi connectivity index (χ4n) is 2.87. The first-order chi connectivity index (χ1) is 15.7. The van der Waals surface area contributed by atoms with Crippen LogP contribution in [0.3, 0.4) is 0 Å². The summed E-state index contributed by atoms with van der Waals surface area (Å²) in [6.45, 7) is 0. The van der Waals surface area contributed by atoms with Gasteiger partial charge in [-0.25, -0.2) is 14.6 Å². The van der Waals surface area contributed by atoms with E-state index < -0.39 is 29.5 Å². The lowest BCUT2D eigenvalue weighted by Crippen LogP contribution is -2.42. The molecule has 0 aliphatic rings. The number of benzene rings is 2. The van der Waals surface area contributed by atoms with E-state index in [0.29, 0.717) is 4.47 Å². The fourth-order valence-corrected chi connectivity index (χ4v) is 3.84. The molecule has 9 nitrogen and oxygen atoms in total. The van der Waals surface area contributed by atoms with Gasteiger partial charge in [0, 0.05) is 28.2 Å². The molecule has 1 aromatic heterocycles. The number of aromatic nitrogens is 2. The number of hydrogen-bond donors (Lipinski definition) is 4. The average molecular weight is 554 g/mol. The molecule has 0 saturated heterocycles. The van der Waals surface area contributed by atoms with Crippen LogP contribution in [0.4, 0.5) is 5.82 Å². The highest BCUT2D eigenvalue weighted by molar-refractivity contribution is 9.10. The number of rotatable bonds is 7. The summed E-state index contributed by atoms with van der Waals surface area (Å²) in [5, 5.41) is 14.7. The highest BCUT2D eigenvalue weighted by atomic mass is 79.9. The number of carbonyl (C=O) groups excluding carboxylic acids is 2. The lowest BCUT2D eigenvalue weighted by molar-refractivity contribution is -0.139. The lowest BCUT2D eigenvalue weighted by atomic mass is 10.1. The fraction of sp³-hybridized carbons (Fsp3) is 0.0952. The monoisotopic (exact) mass is 552 g/mol. The molecule has 3 aromatic rings. The second-order valence-corrected chi connectivity index (χ2v) is 8.45. The smallest absolute Gasteiger partial charge is 0.346 e. The predicted octanol–water partition coefficient (Wildman–Crippen LogP) is 3.52. The minimum Gasteiger partial charge on any atom is -0.480 e. The third-order valence-electron chi connectivity index (χ3n) is 4.43. The van der Waals surface area contributed by atoms with Gasteiger partial charge in [-0.15, -0.1) is 0 Å². The van der Waals surface area contributed by atoms with E-state index in [0.717, 1.165) is 6.20 Å². The standard InChI is InChI=1S/C21H15BrCl2N4O5/c22-12-4-1-3-10(7-12)18(29)26-15(20(31)32)8-11-9-25-21(33)28-17(11)27-19(30)16-13(23)5-2-6-14(16)24/h1-7,9,15H,8H2,(H,26,29)(H,31,32)(H2,25,27,28,30,33). The molecule has 3 rings (SSSR count). The van der Waals surface area contributed by atoms with Crippen molar-refractivity contribution in [3.63, 3.8) is 0 Å². The zero-order chi connectivity index (χ0) is 24.1. The van der Waals surface area contributed by atoms with Crippen molar-refractivity contribution in [2.45, 2.75) is 12.5 Å². The highest BCUT2D eigenvalue weighted by Gasteiger charge is 2.24. The highest BCUT2D eigenvalue weighted by Crippen LogP contribution is 2.25. The summed E-state index contributed by atoms with van der Waals surface area (Å²) in [7, 11) is 0. The van der Waals surface area contributed by atoms with Crippen LogP contribution in [0.2, 0.25) is 10.0 Å². The SMILES string of the molecule is O=C(NC(Cc1cnc(=O)[nH]c1NC(=O)c1c(Cl)cccc1Cl)C(=O)O)c1cccc(Br)c1. The number of halogens is 3. The molecule has 1 atom stereocenters. The topological polar surface area (TPSA) is 141 Å². The van der Waals surface area contributed by atoms with E-state index in [1.165, 1.54) is 24.3 Å². The van der Waals surface area contributed by atoms with Crippen LogP contribution in [0, 0.1) is 0 Å². The Morgan fingerprint density at radius 2 is 1.76 bits per heavy atom. The van der Waals surface area contributed by atoms with Gasteiger partial charge < -0.3 is 15.7 Å². The third-order valence-corrected chi connectivity index (χ3v) is 5.56. The van der Waals surface area contributed by atoms with Crippen molar-refractivity contribution >= 4 is 62.7 Å². The van der Waals surface area contributed by atoms with Gasteiger partial charge in [0.15, 0.2) is 0 Å². The summed E-state index contributed by atoms with van der Waals surface area (Å²) in [6.07, 6.45) is 0.828. The molecule has 12 heteroatoms. The van der Waals surface area contributed by atoms with Gasteiger partial charge in [0.05, 0.1) is 15.6 Å². The zero-order valence-electron chi connectivity index (χ0n) is 16.6. The number of anilines is 1. The van der Waals surface area contributed by atoms with Gasteiger partial charge in [-0.3, -0.25) is 14.6 Å². The average Bonchev–Trinajstić information content (AvgIpc) is 2.74. The number of hydrogen-bond acceptors (Lipinski definition) is 5. The molecule has 1 unspecified atom stereocenters. The third kappa shape index (κ3) is 6.19. The van der Waals surface area contributed by atoms with E-state index in [4.69, 9.17) is 23.2 Å². The quantitative estimate of drug-likeness (QED) is 0.353. The van der Waals surface area contributed by atoms with Crippen LogP contribution in [0.5, 0.6) is 0 Å². The van der Waals surface area contributed by atoms with E-state index in [2.05, 4.69) is 36.5 Å². The number of carboxylic acid groups (broad SMARTS) is 1. The Morgan fingerprint density at radius 3 is 2.39 bits per heavy atom. The molecule has 0 aliphatic carbocycles. The first-order valence-electron chi connectivity index (χ1n) is 9.28.